The van der Waals surface area contributed by atoms with Gasteiger partial charge in [-0.2, -0.15) is 4.31 Å². The van der Waals surface area contributed by atoms with Crippen LogP contribution in [0.15, 0.2) is 30.6 Å². The Morgan fingerprint density at radius 1 is 1.19 bits per heavy atom. The fourth-order valence-electron chi connectivity index (χ4n) is 2.67. The molecule has 2 aromatic heterocycles. The molecule has 0 radical (unpaired) electrons. The monoisotopic (exact) mass is 380 g/mol. The van der Waals surface area contributed by atoms with E-state index in [0.717, 1.165) is 0 Å². The lowest BCUT2D eigenvalue weighted by atomic mass is 10.3. The second-order valence-corrected chi connectivity index (χ2v) is 7.96. The molecular formula is C16H24N6O3S. The van der Waals surface area contributed by atoms with Crippen LogP contribution in [0.2, 0.25) is 0 Å². The van der Waals surface area contributed by atoms with E-state index in [1.54, 1.807) is 37.5 Å². The smallest absolute Gasteiger partial charge is 0.277 e. The van der Waals surface area contributed by atoms with E-state index in [2.05, 4.69) is 20.3 Å². The zero-order chi connectivity index (χ0) is 18.7. The Bertz CT molecular complexity index is 906. The second-order valence-electron chi connectivity index (χ2n) is 5.98. The quantitative estimate of drug-likeness (QED) is 0.843. The Morgan fingerprint density at radius 2 is 1.92 bits per heavy atom. The van der Waals surface area contributed by atoms with Crippen LogP contribution in [0.5, 0.6) is 0 Å². The Balaban J connectivity index is 0.00000196. The fourth-order valence-corrected chi connectivity index (χ4v) is 3.50. The number of anilines is 2. The summed E-state index contributed by atoms with van der Waals surface area (Å²) in [6.07, 6.45) is 4.39. The molecule has 3 heterocycles. The molecule has 0 atom stereocenters. The first kappa shape index (κ1) is 18.2. The topological polar surface area (TPSA) is 108 Å². The predicted molar refractivity (Wildman–Crippen MR) is 102 cm³/mol. The summed E-state index contributed by atoms with van der Waals surface area (Å²) in [5.41, 5.74) is 0.732. The fraction of sp³-hybridized carbons (Fsp3) is 0.375. The summed E-state index contributed by atoms with van der Waals surface area (Å²) in [5, 5.41) is 2.70. The first-order chi connectivity index (χ1) is 12.3. The molecule has 1 fully saturated rings. The highest BCUT2D eigenvalue weighted by Gasteiger charge is 2.25. The molecule has 1 aliphatic heterocycles. The van der Waals surface area contributed by atoms with E-state index >= 15 is 0 Å². The van der Waals surface area contributed by atoms with Crippen LogP contribution < -0.4 is 10.2 Å². The molecule has 0 saturated carbocycles. The molecule has 3 rings (SSSR count). The van der Waals surface area contributed by atoms with Gasteiger partial charge >= 0.3 is 0 Å². The maximum Gasteiger partial charge on any atom is 0.277 e. The van der Waals surface area contributed by atoms with Crippen molar-refractivity contribution in [3.63, 3.8) is 0 Å². The number of amides is 1. The molecule has 0 spiro atoms. The van der Waals surface area contributed by atoms with Crippen LogP contribution in [0.4, 0.5) is 11.6 Å². The number of rotatable bonds is 4. The van der Waals surface area contributed by atoms with E-state index in [1.807, 2.05) is 4.90 Å². The van der Waals surface area contributed by atoms with Gasteiger partial charge in [-0.1, -0.05) is 6.07 Å². The summed E-state index contributed by atoms with van der Waals surface area (Å²) in [7, 11) is -3.19. The summed E-state index contributed by atoms with van der Waals surface area (Å²) in [4.78, 5) is 27.2. The van der Waals surface area contributed by atoms with Crippen molar-refractivity contribution in [1.82, 2.24) is 19.3 Å². The number of aryl methyl sites for hydroxylation is 1. The number of hydrogen-bond acceptors (Lipinski definition) is 7. The van der Waals surface area contributed by atoms with Crippen LogP contribution in [0, 0.1) is 6.92 Å². The van der Waals surface area contributed by atoms with Gasteiger partial charge in [0, 0.05) is 35.2 Å². The zero-order valence-corrected chi connectivity index (χ0v) is 15.4. The largest absolute Gasteiger partial charge is 0.353 e. The molecule has 26 heavy (non-hydrogen) atoms. The molecular weight excluding hydrogens is 356 g/mol. The Morgan fingerprint density at radius 3 is 2.54 bits per heavy atom. The highest BCUT2D eigenvalue weighted by Crippen LogP contribution is 2.17. The van der Waals surface area contributed by atoms with E-state index in [1.165, 1.54) is 10.6 Å². The van der Waals surface area contributed by atoms with Gasteiger partial charge in [0.1, 0.15) is 11.6 Å². The average molecular weight is 380 g/mol. The minimum Gasteiger partial charge on any atom is -0.353 e. The number of sulfonamides is 1. The number of carbonyl (C=O) groups excluding carboxylic acids is 1. The minimum absolute atomic E-state index is 0. The number of nitrogens with zero attached hydrogens (tertiary/aromatic N) is 5. The maximum absolute atomic E-state index is 12.5. The van der Waals surface area contributed by atoms with Crippen molar-refractivity contribution in [3.05, 3.63) is 42.0 Å². The van der Waals surface area contributed by atoms with Crippen molar-refractivity contribution < 1.29 is 16.1 Å². The van der Waals surface area contributed by atoms with Gasteiger partial charge in [-0.25, -0.2) is 18.4 Å². The number of aromatic nitrogens is 3. The molecule has 142 valence electrons. The third-order valence-electron chi connectivity index (χ3n) is 4.10. The van der Waals surface area contributed by atoms with E-state index < -0.39 is 10.0 Å². The number of carbonyl (C=O) groups is 1. The highest BCUT2D eigenvalue weighted by molar-refractivity contribution is 7.88. The van der Waals surface area contributed by atoms with Gasteiger partial charge in [0.25, 0.3) is 5.91 Å². The van der Waals surface area contributed by atoms with Gasteiger partial charge in [-0.05, 0) is 19.1 Å². The van der Waals surface area contributed by atoms with Crippen molar-refractivity contribution >= 4 is 27.6 Å². The Labute approximate surface area is 155 Å². The summed E-state index contributed by atoms with van der Waals surface area (Å²) >= 11 is 0. The Hall–Kier alpha value is -2.59. The standard InChI is InChI=1S/C16H20N6O3S.2H2/c1-12-15(16(23)19-13-5-3-4-6-17-13)20-14(11-18-12)21-7-9-22(10-8-21)26(2,24)25;;/h3-6,11H,7-10H2,1-2H3,(H,17,19,23);2*1H. The minimum atomic E-state index is -3.19. The van der Waals surface area contributed by atoms with Crippen molar-refractivity contribution in [2.24, 2.45) is 0 Å². The summed E-state index contributed by atoms with van der Waals surface area (Å²) in [5.74, 6) is 0.603. The third-order valence-corrected chi connectivity index (χ3v) is 5.40. The lowest BCUT2D eigenvalue weighted by molar-refractivity contribution is 0.102. The van der Waals surface area contributed by atoms with Crippen LogP contribution in [-0.2, 0) is 10.0 Å². The van der Waals surface area contributed by atoms with Crippen LogP contribution in [0.3, 0.4) is 0 Å². The SMILES string of the molecule is Cc1ncc(N2CCN(S(C)(=O)=O)CC2)nc1C(=O)Nc1ccccn1.[HH].[HH]. The van der Waals surface area contributed by atoms with E-state index in [9.17, 15) is 13.2 Å². The number of hydrogen-bond donors (Lipinski definition) is 1. The highest BCUT2D eigenvalue weighted by atomic mass is 32.2. The molecule has 0 aromatic carbocycles. The maximum atomic E-state index is 12.5. The summed E-state index contributed by atoms with van der Waals surface area (Å²) in [6, 6.07) is 5.23. The van der Waals surface area contributed by atoms with Crippen molar-refractivity contribution in [1.29, 1.82) is 0 Å². The molecule has 9 nitrogen and oxygen atoms in total. The van der Waals surface area contributed by atoms with Gasteiger partial charge < -0.3 is 10.2 Å². The normalized spacial score (nSPS) is 15.7. The van der Waals surface area contributed by atoms with Crippen molar-refractivity contribution in [2.45, 2.75) is 6.92 Å². The zero-order valence-electron chi connectivity index (χ0n) is 14.6. The van der Waals surface area contributed by atoms with E-state index in [-0.39, 0.29) is 14.5 Å². The first-order valence-corrected chi connectivity index (χ1v) is 9.95. The van der Waals surface area contributed by atoms with E-state index in [4.69, 9.17) is 0 Å². The van der Waals surface area contributed by atoms with Gasteiger partial charge in [0.05, 0.1) is 18.1 Å². The van der Waals surface area contributed by atoms with Crippen LogP contribution in [0.25, 0.3) is 0 Å². The lowest BCUT2D eigenvalue weighted by Crippen LogP contribution is -2.48. The number of piperazine rings is 1. The lowest BCUT2D eigenvalue weighted by Gasteiger charge is -2.33. The molecule has 1 amide bonds. The van der Waals surface area contributed by atoms with Gasteiger partial charge in [-0.15, -0.1) is 0 Å². The van der Waals surface area contributed by atoms with E-state index in [0.29, 0.717) is 43.5 Å². The first-order valence-electron chi connectivity index (χ1n) is 8.10. The molecule has 1 saturated heterocycles. The number of nitrogens with one attached hydrogen (secondary N) is 1. The van der Waals surface area contributed by atoms with Crippen LogP contribution >= 0.6 is 0 Å². The molecule has 1 aliphatic rings. The second kappa shape index (κ2) is 7.34. The molecule has 10 heteroatoms. The van der Waals surface area contributed by atoms with Crippen LogP contribution in [0.1, 0.15) is 19.0 Å². The molecule has 2 aromatic rings. The molecule has 1 N–H and O–H groups in total. The predicted octanol–water partition coefficient (Wildman–Crippen LogP) is 1.01. The number of pyridine rings is 1. The molecule has 0 unspecified atom stereocenters. The van der Waals surface area contributed by atoms with Crippen LogP contribution in [-0.4, -0.2) is 66.0 Å². The molecule has 0 aliphatic carbocycles. The van der Waals surface area contributed by atoms with Gasteiger partial charge in [-0.3, -0.25) is 9.78 Å². The van der Waals surface area contributed by atoms with Crippen molar-refractivity contribution in [3.8, 4) is 0 Å². The van der Waals surface area contributed by atoms with Crippen molar-refractivity contribution in [2.75, 3.05) is 42.7 Å². The Kier molecular flexibility index (Phi) is 5.14. The average Bonchev–Trinajstić information content (AvgIpc) is 2.62. The van der Waals surface area contributed by atoms with Gasteiger partial charge in [0.15, 0.2) is 5.69 Å². The summed E-state index contributed by atoms with van der Waals surface area (Å²) < 4.78 is 24.7. The van der Waals surface area contributed by atoms with Gasteiger partial charge in [0.2, 0.25) is 10.0 Å². The third kappa shape index (κ3) is 4.14. The molecule has 0 bridgehead atoms. The summed E-state index contributed by atoms with van der Waals surface area (Å²) in [6.45, 7) is 3.46.